The molecule has 0 unspecified atom stereocenters. The summed E-state index contributed by atoms with van der Waals surface area (Å²) in [5.41, 5.74) is 8.88. The molecule has 2 N–H and O–H groups in total. The highest BCUT2D eigenvalue weighted by atomic mass is 35.5. The van der Waals surface area contributed by atoms with Crippen LogP contribution in [0.3, 0.4) is 0 Å². The molecular weight excluding hydrogens is 236 g/mol. The van der Waals surface area contributed by atoms with Crippen molar-refractivity contribution in [1.82, 2.24) is 0 Å². The minimum absolute atomic E-state index is 0.435. The molecule has 17 heavy (non-hydrogen) atoms. The average Bonchev–Trinajstić information content (AvgIpc) is 2.81. The maximum Gasteiger partial charge on any atom is 0.0952 e. The molecule has 4 heteroatoms. The summed E-state index contributed by atoms with van der Waals surface area (Å²) in [5, 5.41) is 0.712. The summed E-state index contributed by atoms with van der Waals surface area (Å²) in [4.78, 5) is 2.11. The first-order chi connectivity index (χ1) is 8.22. The number of hydrogen-bond donors (Lipinski definition) is 1. The fourth-order valence-corrected chi connectivity index (χ4v) is 2.10. The second-order valence-electron chi connectivity index (χ2n) is 3.93. The molecule has 90 valence electrons. The van der Waals surface area contributed by atoms with E-state index in [1.807, 2.05) is 31.3 Å². The van der Waals surface area contributed by atoms with Crippen molar-refractivity contribution in [3.63, 3.8) is 0 Å². The van der Waals surface area contributed by atoms with Crippen molar-refractivity contribution in [1.29, 1.82) is 0 Å². The molecule has 0 bridgehead atoms. The van der Waals surface area contributed by atoms with Gasteiger partial charge in [0.1, 0.15) is 0 Å². The third-order valence-corrected chi connectivity index (χ3v) is 3.06. The molecule has 0 amide bonds. The molecule has 2 rings (SSSR count). The number of rotatable bonds is 4. The Morgan fingerprint density at radius 1 is 1.35 bits per heavy atom. The van der Waals surface area contributed by atoms with Gasteiger partial charge in [0.2, 0.25) is 0 Å². The zero-order chi connectivity index (χ0) is 12.3. The van der Waals surface area contributed by atoms with E-state index in [1.54, 1.807) is 12.5 Å². The van der Waals surface area contributed by atoms with E-state index in [2.05, 4.69) is 4.90 Å². The second kappa shape index (κ2) is 5.25. The van der Waals surface area contributed by atoms with Crippen molar-refractivity contribution in [2.24, 2.45) is 5.73 Å². The van der Waals surface area contributed by atoms with Gasteiger partial charge in [-0.1, -0.05) is 17.7 Å². The number of benzene rings is 1. The molecule has 1 aromatic heterocycles. The van der Waals surface area contributed by atoms with Crippen molar-refractivity contribution in [3.05, 3.63) is 52.9 Å². The fraction of sp³-hybridized carbons (Fsp3) is 0.231. The normalized spacial score (nSPS) is 10.5. The highest BCUT2D eigenvalue weighted by Gasteiger charge is 2.10. The molecule has 0 fully saturated rings. The molecule has 0 saturated carbocycles. The van der Waals surface area contributed by atoms with Crippen LogP contribution in [0.15, 0.2) is 41.2 Å². The molecule has 0 aliphatic heterocycles. The lowest BCUT2D eigenvalue weighted by Crippen LogP contribution is -2.18. The van der Waals surface area contributed by atoms with E-state index in [1.165, 1.54) is 0 Å². The molecule has 0 spiro atoms. The molecule has 0 radical (unpaired) electrons. The van der Waals surface area contributed by atoms with E-state index in [4.69, 9.17) is 21.8 Å². The summed E-state index contributed by atoms with van der Waals surface area (Å²) in [5.74, 6) is 0. The Bertz CT molecular complexity index is 482. The van der Waals surface area contributed by atoms with Crippen molar-refractivity contribution < 1.29 is 4.42 Å². The Morgan fingerprint density at radius 2 is 2.18 bits per heavy atom. The van der Waals surface area contributed by atoms with Crippen molar-refractivity contribution >= 4 is 17.3 Å². The summed E-state index contributed by atoms with van der Waals surface area (Å²) in [6.45, 7) is 1.20. The summed E-state index contributed by atoms with van der Waals surface area (Å²) in [7, 11) is 2.01. The Hall–Kier alpha value is -1.45. The Balaban J connectivity index is 2.24. The molecule has 1 aromatic carbocycles. The van der Waals surface area contributed by atoms with Crippen LogP contribution in [-0.4, -0.2) is 7.05 Å². The minimum Gasteiger partial charge on any atom is -0.472 e. The van der Waals surface area contributed by atoms with Gasteiger partial charge in [0.25, 0.3) is 0 Å². The van der Waals surface area contributed by atoms with Crippen molar-refractivity contribution in [2.45, 2.75) is 13.1 Å². The van der Waals surface area contributed by atoms with Gasteiger partial charge in [0.05, 0.1) is 12.5 Å². The van der Waals surface area contributed by atoms with Crippen LogP contribution in [0.5, 0.6) is 0 Å². The molecule has 0 atom stereocenters. The summed E-state index contributed by atoms with van der Waals surface area (Å²) in [6.07, 6.45) is 3.41. The number of furan rings is 1. The quantitative estimate of drug-likeness (QED) is 0.907. The van der Waals surface area contributed by atoms with Crippen LogP contribution in [-0.2, 0) is 13.1 Å². The van der Waals surface area contributed by atoms with Gasteiger partial charge in [-0.05, 0) is 18.2 Å². The van der Waals surface area contributed by atoms with E-state index in [-0.39, 0.29) is 0 Å². The fourth-order valence-electron chi connectivity index (χ4n) is 1.85. The molecule has 0 aliphatic carbocycles. The predicted molar refractivity (Wildman–Crippen MR) is 70.2 cm³/mol. The highest BCUT2D eigenvalue weighted by molar-refractivity contribution is 6.31. The van der Waals surface area contributed by atoms with E-state index < -0.39 is 0 Å². The van der Waals surface area contributed by atoms with E-state index in [0.717, 1.165) is 23.4 Å². The molecule has 3 nitrogen and oxygen atoms in total. The third-order valence-electron chi connectivity index (χ3n) is 2.71. The van der Waals surface area contributed by atoms with Gasteiger partial charge >= 0.3 is 0 Å². The van der Waals surface area contributed by atoms with E-state index in [0.29, 0.717) is 11.6 Å². The monoisotopic (exact) mass is 250 g/mol. The van der Waals surface area contributed by atoms with Gasteiger partial charge in [-0.2, -0.15) is 0 Å². The van der Waals surface area contributed by atoms with Crippen LogP contribution in [0.4, 0.5) is 5.69 Å². The van der Waals surface area contributed by atoms with Crippen molar-refractivity contribution in [3.8, 4) is 0 Å². The lowest BCUT2D eigenvalue weighted by atomic mass is 10.1. The number of nitrogens with zero attached hydrogens (tertiary/aromatic N) is 1. The molecular formula is C13H15ClN2O. The Morgan fingerprint density at radius 3 is 2.82 bits per heavy atom. The Labute approximate surface area is 106 Å². The molecule has 0 saturated heterocycles. The lowest BCUT2D eigenvalue weighted by Gasteiger charge is -2.22. The number of halogens is 1. The third kappa shape index (κ3) is 2.62. The van der Waals surface area contributed by atoms with Gasteiger partial charge in [-0.25, -0.2) is 0 Å². The highest BCUT2D eigenvalue weighted by Crippen LogP contribution is 2.27. The number of anilines is 1. The SMILES string of the molecule is CN(Cc1ccoc1)c1cccc(Cl)c1CN. The largest absolute Gasteiger partial charge is 0.472 e. The maximum absolute atomic E-state index is 6.13. The average molecular weight is 251 g/mol. The lowest BCUT2D eigenvalue weighted by molar-refractivity contribution is 0.563. The summed E-state index contributed by atoms with van der Waals surface area (Å²) < 4.78 is 5.05. The van der Waals surface area contributed by atoms with Gasteiger partial charge in [-0.15, -0.1) is 0 Å². The van der Waals surface area contributed by atoms with Gasteiger partial charge in [-0.3, -0.25) is 0 Å². The van der Waals surface area contributed by atoms with E-state index in [9.17, 15) is 0 Å². The second-order valence-corrected chi connectivity index (χ2v) is 4.34. The van der Waals surface area contributed by atoms with Gasteiger partial charge < -0.3 is 15.1 Å². The standard InChI is InChI=1S/C13H15ClN2O/c1-16(8-10-5-6-17-9-10)13-4-2-3-12(14)11(13)7-15/h2-6,9H,7-8,15H2,1H3. The Kier molecular flexibility index (Phi) is 3.71. The topological polar surface area (TPSA) is 42.4 Å². The van der Waals surface area contributed by atoms with Crippen molar-refractivity contribution in [2.75, 3.05) is 11.9 Å². The van der Waals surface area contributed by atoms with Crippen LogP contribution in [0, 0.1) is 0 Å². The smallest absolute Gasteiger partial charge is 0.0952 e. The molecule has 1 heterocycles. The van der Waals surface area contributed by atoms with Gasteiger partial charge in [0, 0.05) is 42.0 Å². The zero-order valence-corrected chi connectivity index (χ0v) is 10.4. The van der Waals surface area contributed by atoms with E-state index >= 15 is 0 Å². The van der Waals surface area contributed by atoms with Crippen LogP contribution < -0.4 is 10.6 Å². The first-order valence-electron chi connectivity index (χ1n) is 5.42. The molecule has 0 aliphatic rings. The van der Waals surface area contributed by atoms with Crippen LogP contribution in [0.1, 0.15) is 11.1 Å². The van der Waals surface area contributed by atoms with Crippen LogP contribution in [0.2, 0.25) is 5.02 Å². The predicted octanol–water partition coefficient (Wildman–Crippen LogP) is 3.03. The summed E-state index contributed by atoms with van der Waals surface area (Å²) in [6, 6.07) is 7.76. The van der Waals surface area contributed by atoms with Gasteiger partial charge in [0.15, 0.2) is 0 Å². The van der Waals surface area contributed by atoms with Crippen LogP contribution in [0.25, 0.3) is 0 Å². The number of nitrogens with two attached hydrogens (primary N) is 1. The maximum atomic E-state index is 6.13. The molecule has 2 aromatic rings. The zero-order valence-electron chi connectivity index (χ0n) is 9.69. The minimum atomic E-state index is 0.435. The first kappa shape index (κ1) is 12.0. The first-order valence-corrected chi connectivity index (χ1v) is 5.80. The number of hydrogen-bond acceptors (Lipinski definition) is 3. The van der Waals surface area contributed by atoms with Crippen LogP contribution >= 0.6 is 11.6 Å². The summed E-state index contributed by atoms with van der Waals surface area (Å²) >= 11 is 6.13.